The summed E-state index contributed by atoms with van der Waals surface area (Å²) in [6.07, 6.45) is 11.3. The summed E-state index contributed by atoms with van der Waals surface area (Å²) in [7, 11) is 2.12. The number of pyridine rings is 1. The van der Waals surface area contributed by atoms with Gasteiger partial charge in [0, 0.05) is 68.8 Å². The van der Waals surface area contributed by atoms with Gasteiger partial charge in [-0.15, -0.1) is 11.3 Å². The number of halogens is 1. The number of hydrogen-bond donors (Lipinski definition) is 2. The minimum Gasteiger partial charge on any atom is -0.367 e. The predicted molar refractivity (Wildman–Crippen MR) is 246 cm³/mol. The third-order valence-electron chi connectivity index (χ3n) is 12.6. The van der Waals surface area contributed by atoms with Gasteiger partial charge in [0.25, 0.3) is 0 Å². The maximum absolute atomic E-state index is 15.2. The summed E-state index contributed by atoms with van der Waals surface area (Å²) >= 11 is 1.53. The highest BCUT2D eigenvalue weighted by Gasteiger charge is 2.31. The number of nitrogens with zero attached hydrogens (tertiary/aromatic N) is 7. The van der Waals surface area contributed by atoms with Crippen LogP contribution < -0.4 is 15.5 Å². The van der Waals surface area contributed by atoms with Gasteiger partial charge in [0.05, 0.1) is 39.1 Å². The van der Waals surface area contributed by atoms with Crippen molar-refractivity contribution in [3.8, 4) is 21.8 Å². The van der Waals surface area contributed by atoms with Gasteiger partial charge in [-0.25, -0.2) is 24.3 Å². The fourth-order valence-electron chi connectivity index (χ4n) is 8.87. The summed E-state index contributed by atoms with van der Waals surface area (Å²) in [5.41, 5.74) is 6.88. The van der Waals surface area contributed by atoms with Crippen LogP contribution >= 0.6 is 11.3 Å². The van der Waals surface area contributed by atoms with Gasteiger partial charge in [0.1, 0.15) is 11.6 Å². The summed E-state index contributed by atoms with van der Waals surface area (Å²) in [5, 5.41) is 6.56. The molecule has 1 atom stereocenters. The van der Waals surface area contributed by atoms with Crippen molar-refractivity contribution in [2.75, 3.05) is 50.0 Å². The number of hydrogen-bond acceptors (Lipinski definition) is 11. The van der Waals surface area contributed by atoms with Crippen LogP contribution in [0.25, 0.3) is 21.8 Å². The number of nitrogens with one attached hydrogen (secondary N) is 2. The maximum atomic E-state index is 15.2. The molecule has 6 heterocycles. The van der Waals surface area contributed by atoms with Gasteiger partial charge in [0.15, 0.2) is 0 Å². The standard InChI is InChI=1S/C34H40FN7OS.C15H18N2O2/c1-22-9-8-12-25(28(22)35)29-30(44-32(40-29)34(2,3)4)26-15-16-36-33(38-26)39-27-14-13-24(21-37-27)41-17-19-42(20-18-41)31(43)23-10-6-5-7-11-23;1-17-7-6-10-8-11(2-3-12(10)9-17)13-4-5-14(18)16-15(13)19/h8-9,12-16,21,23H,5-7,10-11,17-20H2,1-4H3,(H,36,37,38,39);2-3,8,13H,4-7,9H2,1H3,(H,16,18,19). The third kappa shape index (κ3) is 10.3. The van der Waals surface area contributed by atoms with E-state index in [-0.39, 0.29) is 34.9 Å². The molecule has 330 valence electrons. The van der Waals surface area contributed by atoms with Crippen LogP contribution in [0, 0.1) is 18.7 Å². The Bertz CT molecular complexity index is 2450. The Kier molecular flexibility index (Phi) is 13.3. The second-order valence-electron chi connectivity index (χ2n) is 18.3. The molecule has 1 aliphatic carbocycles. The molecule has 2 saturated heterocycles. The number of piperidine rings is 1. The first-order valence-electron chi connectivity index (χ1n) is 22.3. The number of aryl methyl sites for hydroxylation is 1. The quantitative estimate of drug-likeness (QED) is 0.153. The van der Waals surface area contributed by atoms with Crippen LogP contribution in [0.3, 0.4) is 0 Å². The number of thiazole rings is 1. The van der Waals surface area contributed by atoms with Crippen molar-refractivity contribution in [2.45, 2.75) is 96.9 Å². The number of likely N-dealkylation sites (N-methyl/N-ethyl adjacent to an activating group) is 1. The minimum atomic E-state index is -0.270. The summed E-state index contributed by atoms with van der Waals surface area (Å²) in [4.78, 5) is 62.2. The van der Waals surface area contributed by atoms with E-state index < -0.39 is 0 Å². The van der Waals surface area contributed by atoms with Crippen LogP contribution in [0.5, 0.6) is 0 Å². The molecule has 1 saturated carbocycles. The molecule has 2 aromatic carbocycles. The predicted octanol–water partition coefficient (Wildman–Crippen LogP) is 8.57. The van der Waals surface area contributed by atoms with Crippen LogP contribution in [0.1, 0.15) is 98.9 Å². The molecule has 3 fully saturated rings. The molecule has 0 radical (unpaired) electrons. The van der Waals surface area contributed by atoms with E-state index in [0.717, 1.165) is 79.7 Å². The Hall–Kier alpha value is -5.60. The Morgan fingerprint density at radius 3 is 2.41 bits per heavy atom. The summed E-state index contributed by atoms with van der Waals surface area (Å²) in [6.45, 7) is 13.2. The summed E-state index contributed by atoms with van der Waals surface area (Å²) < 4.78 is 15.2. The number of imide groups is 1. The lowest BCUT2D eigenvalue weighted by Gasteiger charge is -2.38. The van der Waals surface area contributed by atoms with Crippen LogP contribution in [-0.2, 0) is 32.8 Å². The number of fused-ring (bicyclic) bond motifs is 1. The molecular formula is C49H58FN9O3S. The van der Waals surface area contributed by atoms with E-state index in [2.05, 4.69) is 70.4 Å². The highest BCUT2D eigenvalue weighted by atomic mass is 32.1. The largest absolute Gasteiger partial charge is 0.367 e. The number of anilines is 3. The zero-order valence-electron chi connectivity index (χ0n) is 37.0. The molecule has 12 nitrogen and oxygen atoms in total. The Morgan fingerprint density at radius 2 is 1.68 bits per heavy atom. The molecular weight excluding hydrogens is 814 g/mol. The number of aromatic nitrogens is 4. The van der Waals surface area contributed by atoms with E-state index in [9.17, 15) is 14.4 Å². The first-order chi connectivity index (χ1) is 30.3. The fourth-order valence-corrected chi connectivity index (χ4v) is 9.98. The highest BCUT2D eigenvalue weighted by Crippen LogP contribution is 2.41. The Morgan fingerprint density at radius 1 is 0.889 bits per heavy atom. The van der Waals surface area contributed by atoms with Gasteiger partial charge in [-0.2, -0.15) is 0 Å². The van der Waals surface area contributed by atoms with Crippen LogP contribution in [-0.4, -0.2) is 87.2 Å². The second-order valence-corrected chi connectivity index (χ2v) is 19.3. The summed E-state index contributed by atoms with van der Waals surface area (Å²) in [6, 6.07) is 17.5. The lowest BCUT2D eigenvalue weighted by atomic mass is 9.87. The van der Waals surface area contributed by atoms with E-state index in [1.54, 1.807) is 25.3 Å². The maximum Gasteiger partial charge on any atom is 0.234 e. The van der Waals surface area contributed by atoms with Crippen molar-refractivity contribution in [2.24, 2.45) is 5.92 Å². The topological polar surface area (TPSA) is 137 Å². The zero-order chi connectivity index (χ0) is 44.3. The fraction of sp³-hybridized carbons (Fsp3) is 0.449. The molecule has 0 spiro atoms. The van der Waals surface area contributed by atoms with Gasteiger partial charge >= 0.3 is 0 Å². The van der Waals surface area contributed by atoms with Crippen LogP contribution in [0.2, 0.25) is 0 Å². The molecule has 2 N–H and O–H groups in total. The second kappa shape index (κ2) is 19.0. The first kappa shape index (κ1) is 44.0. The SMILES string of the molecule is CN1CCc2cc(C3CCC(=O)NC3=O)ccc2C1.Cc1cccc(-c2nc(C(C)(C)C)sc2-c2ccnc(Nc3ccc(N4CCN(C(=O)C5CCCCC5)CC4)cn3)n2)c1F. The molecule has 4 aliphatic rings. The summed E-state index contributed by atoms with van der Waals surface area (Å²) in [5.74, 6) is 0.852. The van der Waals surface area contributed by atoms with Crippen LogP contribution in [0.15, 0.2) is 67.0 Å². The minimum absolute atomic E-state index is 0.149. The monoisotopic (exact) mass is 871 g/mol. The lowest BCUT2D eigenvalue weighted by molar-refractivity contribution is -0.137. The van der Waals surface area contributed by atoms with Crippen molar-refractivity contribution < 1.29 is 18.8 Å². The number of piperazine rings is 1. The Labute approximate surface area is 373 Å². The van der Waals surface area contributed by atoms with E-state index in [1.807, 2.05) is 41.4 Å². The number of rotatable bonds is 7. The molecule has 0 bridgehead atoms. The highest BCUT2D eigenvalue weighted by molar-refractivity contribution is 7.15. The van der Waals surface area contributed by atoms with Crippen molar-refractivity contribution >= 4 is 46.5 Å². The smallest absolute Gasteiger partial charge is 0.234 e. The van der Waals surface area contributed by atoms with Gasteiger partial charge in [-0.3, -0.25) is 19.7 Å². The molecule has 3 amide bonds. The molecule has 3 aliphatic heterocycles. The third-order valence-corrected chi connectivity index (χ3v) is 14.1. The number of carbonyl (C=O) groups excluding carboxylic acids is 3. The Balaban J connectivity index is 0.000000238. The van der Waals surface area contributed by atoms with Gasteiger partial charge in [-0.05, 0) is 86.2 Å². The molecule has 9 rings (SSSR count). The van der Waals surface area contributed by atoms with E-state index in [0.29, 0.717) is 53.0 Å². The molecule has 1 unspecified atom stereocenters. The average Bonchev–Trinajstić information content (AvgIpc) is 3.75. The first-order valence-corrected chi connectivity index (χ1v) is 23.1. The normalized spacial score (nSPS) is 18.6. The van der Waals surface area contributed by atoms with Crippen molar-refractivity contribution in [3.63, 3.8) is 0 Å². The van der Waals surface area contributed by atoms with Gasteiger partial charge < -0.3 is 20.0 Å². The van der Waals surface area contributed by atoms with Gasteiger partial charge in [-0.1, -0.05) is 70.4 Å². The van der Waals surface area contributed by atoms with Gasteiger partial charge in [0.2, 0.25) is 23.7 Å². The molecule has 5 aromatic rings. The number of amides is 3. The average molecular weight is 872 g/mol. The molecule has 14 heteroatoms. The van der Waals surface area contributed by atoms with Crippen molar-refractivity contribution in [3.05, 3.63) is 100 Å². The van der Waals surface area contributed by atoms with Crippen molar-refractivity contribution in [1.82, 2.24) is 35.1 Å². The van der Waals surface area contributed by atoms with E-state index in [4.69, 9.17) is 9.97 Å². The van der Waals surface area contributed by atoms with Crippen molar-refractivity contribution in [1.29, 1.82) is 0 Å². The zero-order valence-corrected chi connectivity index (χ0v) is 37.9. The van der Waals surface area contributed by atoms with E-state index in [1.165, 1.54) is 41.7 Å². The lowest BCUT2D eigenvalue weighted by Crippen LogP contribution is -2.50. The van der Waals surface area contributed by atoms with E-state index >= 15 is 4.39 Å². The molecule has 3 aromatic heterocycles. The molecule has 63 heavy (non-hydrogen) atoms. The number of benzene rings is 2. The van der Waals surface area contributed by atoms with Crippen LogP contribution in [0.4, 0.5) is 21.8 Å². The number of carbonyl (C=O) groups is 3.